The number of likely N-dealkylation sites (tertiary alicyclic amines) is 2. The van der Waals surface area contributed by atoms with E-state index in [0.717, 1.165) is 31.6 Å². The van der Waals surface area contributed by atoms with E-state index in [4.69, 9.17) is 5.73 Å². The number of rotatable bonds is 5. The molecule has 2 fully saturated rings. The minimum Gasteiger partial charge on any atom is -0.342 e. The van der Waals surface area contributed by atoms with Gasteiger partial charge in [0.1, 0.15) is 0 Å². The minimum absolute atomic E-state index is 0.172. The summed E-state index contributed by atoms with van der Waals surface area (Å²) in [5.74, 6) is 0.669. The topological polar surface area (TPSA) is 49.6 Å². The van der Waals surface area contributed by atoms with Crippen LogP contribution in [0.2, 0.25) is 0 Å². The SMILES string of the molecule is CC(C(=O)N1CCCC(CN2CCCCCC2)C1)C(N)c1ccccc1. The van der Waals surface area contributed by atoms with Gasteiger partial charge in [-0.05, 0) is 50.3 Å². The van der Waals surface area contributed by atoms with Gasteiger partial charge in [0, 0.05) is 25.7 Å². The van der Waals surface area contributed by atoms with Crippen LogP contribution in [0.5, 0.6) is 0 Å². The molecule has 2 aliphatic heterocycles. The van der Waals surface area contributed by atoms with E-state index in [1.165, 1.54) is 45.2 Å². The van der Waals surface area contributed by atoms with Gasteiger partial charge in [-0.2, -0.15) is 0 Å². The molecule has 2 heterocycles. The van der Waals surface area contributed by atoms with E-state index in [0.29, 0.717) is 5.92 Å². The number of nitrogens with two attached hydrogens (primary N) is 1. The third-order valence-corrected chi connectivity index (χ3v) is 6.16. The zero-order chi connectivity index (χ0) is 18.4. The molecule has 1 aromatic carbocycles. The van der Waals surface area contributed by atoms with E-state index in [-0.39, 0.29) is 17.9 Å². The van der Waals surface area contributed by atoms with Crippen molar-refractivity contribution in [3.05, 3.63) is 35.9 Å². The highest BCUT2D eigenvalue weighted by atomic mass is 16.2. The predicted molar refractivity (Wildman–Crippen MR) is 107 cm³/mol. The van der Waals surface area contributed by atoms with Crippen LogP contribution in [0, 0.1) is 11.8 Å². The fraction of sp³-hybridized carbons (Fsp3) is 0.682. The molecule has 26 heavy (non-hydrogen) atoms. The average molecular weight is 358 g/mol. The van der Waals surface area contributed by atoms with Gasteiger partial charge in [-0.3, -0.25) is 4.79 Å². The van der Waals surface area contributed by atoms with Crippen molar-refractivity contribution in [2.45, 2.75) is 51.5 Å². The molecule has 2 N–H and O–H groups in total. The molecule has 2 saturated heterocycles. The highest BCUT2D eigenvalue weighted by molar-refractivity contribution is 5.79. The fourth-order valence-electron chi connectivity index (χ4n) is 4.50. The Morgan fingerprint density at radius 3 is 2.46 bits per heavy atom. The first-order valence-electron chi connectivity index (χ1n) is 10.5. The van der Waals surface area contributed by atoms with Crippen molar-refractivity contribution in [1.29, 1.82) is 0 Å². The Kier molecular flexibility index (Phi) is 7.09. The average Bonchev–Trinajstić information content (AvgIpc) is 2.96. The smallest absolute Gasteiger partial charge is 0.227 e. The third-order valence-electron chi connectivity index (χ3n) is 6.16. The number of hydrogen-bond acceptors (Lipinski definition) is 3. The van der Waals surface area contributed by atoms with Crippen molar-refractivity contribution in [2.24, 2.45) is 17.6 Å². The van der Waals surface area contributed by atoms with Crippen molar-refractivity contribution < 1.29 is 4.79 Å². The molecule has 3 rings (SSSR count). The molecular formula is C22H35N3O. The van der Waals surface area contributed by atoms with Crippen molar-refractivity contribution in [1.82, 2.24) is 9.80 Å². The molecule has 4 heteroatoms. The van der Waals surface area contributed by atoms with Gasteiger partial charge in [-0.1, -0.05) is 50.1 Å². The quantitative estimate of drug-likeness (QED) is 0.878. The number of amides is 1. The molecule has 2 aliphatic rings. The van der Waals surface area contributed by atoms with Crippen molar-refractivity contribution in [3.8, 4) is 0 Å². The number of nitrogens with zero attached hydrogens (tertiary/aromatic N) is 2. The summed E-state index contributed by atoms with van der Waals surface area (Å²) < 4.78 is 0. The van der Waals surface area contributed by atoms with Crippen molar-refractivity contribution in [2.75, 3.05) is 32.7 Å². The lowest BCUT2D eigenvalue weighted by atomic mass is 9.91. The van der Waals surface area contributed by atoms with Crippen LogP contribution < -0.4 is 5.73 Å². The van der Waals surface area contributed by atoms with Gasteiger partial charge >= 0.3 is 0 Å². The molecule has 1 aromatic rings. The maximum Gasteiger partial charge on any atom is 0.227 e. The summed E-state index contributed by atoms with van der Waals surface area (Å²) in [5.41, 5.74) is 7.44. The standard InChI is InChI=1S/C22H35N3O/c1-18(21(23)20-11-5-4-6-12-20)22(26)25-15-9-10-19(17-25)16-24-13-7-2-3-8-14-24/h4-6,11-12,18-19,21H,2-3,7-10,13-17,23H2,1H3. The molecule has 144 valence electrons. The summed E-state index contributed by atoms with van der Waals surface area (Å²) in [4.78, 5) is 17.8. The molecule has 0 saturated carbocycles. The lowest BCUT2D eigenvalue weighted by molar-refractivity contribution is -0.137. The van der Waals surface area contributed by atoms with Gasteiger partial charge in [0.25, 0.3) is 0 Å². The van der Waals surface area contributed by atoms with E-state index in [2.05, 4.69) is 9.80 Å². The van der Waals surface area contributed by atoms with Crippen LogP contribution in [0.25, 0.3) is 0 Å². The Labute approximate surface area is 158 Å². The second-order valence-electron chi connectivity index (χ2n) is 8.23. The molecule has 0 aromatic heterocycles. The molecule has 0 aliphatic carbocycles. The van der Waals surface area contributed by atoms with Gasteiger partial charge in [0.2, 0.25) is 5.91 Å². The van der Waals surface area contributed by atoms with Gasteiger partial charge < -0.3 is 15.5 Å². The first kappa shape index (κ1) is 19.4. The Hall–Kier alpha value is -1.39. The van der Waals surface area contributed by atoms with E-state index >= 15 is 0 Å². The summed E-state index contributed by atoms with van der Waals surface area (Å²) in [6.07, 6.45) is 7.79. The van der Waals surface area contributed by atoms with E-state index in [9.17, 15) is 4.79 Å². The summed E-state index contributed by atoms with van der Waals surface area (Å²) in [7, 11) is 0. The molecule has 0 radical (unpaired) electrons. The number of hydrogen-bond donors (Lipinski definition) is 1. The van der Waals surface area contributed by atoms with Crippen LogP contribution >= 0.6 is 0 Å². The second kappa shape index (κ2) is 9.52. The largest absolute Gasteiger partial charge is 0.342 e. The molecular weight excluding hydrogens is 322 g/mol. The molecule has 0 spiro atoms. The zero-order valence-corrected chi connectivity index (χ0v) is 16.3. The second-order valence-corrected chi connectivity index (χ2v) is 8.23. The molecule has 4 nitrogen and oxygen atoms in total. The van der Waals surface area contributed by atoms with E-state index in [1.807, 2.05) is 37.3 Å². The van der Waals surface area contributed by atoms with Crippen LogP contribution in [0.4, 0.5) is 0 Å². The maximum atomic E-state index is 13.0. The van der Waals surface area contributed by atoms with Gasteiger partial charge in [-0.25, -0.2) is 0 Å². The molecule has 0 bridgehead atoms. The normalized spacial score (nSPS) is 24.7. The maximum absolute atomic E-state index is 13.0. The highest BCUT2D eigenvalue weighted by Gasteiger charge is 2.30. The van der Waals surface area contributed by atoms with Crippen LogP contribution in [0.3, 0.4) is 0 Å². The predicted octanol–water partition coefficient (Wildman–Crippen LogP) is 3.44. The van der Waals surface area contributed by atoms with Gasteiger partial charge in [0.15, 0.2) is 0 Å². The van der Waals surface area contributed by atoms with Crippen LogP contribution in [0.1, 0.15) is 57.1 Å². The Morgan fingerprint density at radius 1 is 1.08 bits per heavy atom. The van der Waals surface area contributed by atoms with E-state index in [1.54, 1.807) is 0 Å². The fourth-order valence-corrected chi connectivity index (χ4v) is 4.50. The number of carbonyl (C=O) groups is 1. The van der Waals surface area contributed by atoms with Crippen LogP contribution in [-0.4, -0.2) is 48.4 Å². The van der Waals surface area contributed by atoms with E-state index < -0.39 is 0 Å². The minimum atomic E-state index is -0.227. The summed E-state index contributed by atoms with van der Waals surface area (Å²) in [5, 5.41) is 0. The summed E-state index contributed by atoms with van der Waals surface area (Å²) >= 11 is 0. The van der Waals surface area contributed by atoms with Crippen molar-refractivity contribution >= 4 is 5.91 Å². The molecule has 1 amide bonds. The van der Waals surface area contributed by atoms with Crippen molar-refractivity contribution in [3.63, 3.8) is 0 Å². The Bertz CT molecular complexity index is 554. The van der Waals surface area contributed by atoms with Gasteiger partial charge in [0.05, 0.1) is 5.92 Å². The third kappa shape index (κ3) is 5.08. The number of carbonyl (C=O) groups excluding carboxylic acids is 1. The summed E-state index contributed by atoms with van der Waals surface area (Å²) in [6.45, 7) is 7.41. The number of benzene rings is 1. The lowest BCUT2D eigenvalue weighted by Crippen LogP contribution is -2.47. The zero-order valence-electron chi connectivity index (χ0n) is 16.3. The number of piperidine rings is 1. The Balaban J connectivity index is 1.55. The first-order chi connectivity index (χ1) is 12.6. The summed E-state index contributed by atoms with van der Waals surface area (Å²) in [6, 6.07) is 9.78. The first-order valence-corrected chi connectivity index (χ1v) is 10.5. The molecule has 3 unspecified atom stereocenters. The monoisotopic (exact) mass is 357 g/mol. The lowest BCUT2D eigenvalue weighted by Gasteiger charge is -2.37. The highest BCUT2D eigenvalue weighted by Crippen LogP contribution is 2.25. The van der Waals surface area contributed by atoms with Gasteiger partial charge in [-0.15, -0.1) is 0 Å². The van der Waals surface area contributed by atoms with Crippen LogP contribution in [-0.2, 0) is 4.79 Å². The Morgan fingerprint density at radius 2 is 1.77 bits per heavy atom. The molecule has 3 atom stereocenters. The van der Waals surface area contributed by atoms with Crippen LogP contribution in [0.15, 0.2) is 30.3 Å².